The molecule has 2 rings (SSSR count). The molecule has 0 bridgehead atoms. The number of hydrogen-bond acceptors (Lipinski definition) is 3. The van der Waals surface area contributed by atoms with Crippen LogP contribution >= 0.6 is 0 Å². The van der Waals surface area contributed by atoms with E-state index in [1.54, 1.807) is 13.8 Å². The van der Waals surface area contributed by atoms with E-state index in [9.17, 15) is 9.18 Å². The van der Waals surface area contributed by atoms with Gasteiger partial charge in [-0.15, -0.1) is 0 Å². The minimum absolute atomic E-state index is 0.111. The molecule has 1 aromatic carbocycles. The molecule has 0 aliphatic carbocycles. The monoisotopic (exact) mass is 249 g/mol. The van der Waals surface area contributed by atoms with Crippen molar-refractivity contribution in [2.45, 2.75) is 13.8 Å². The quantitative estimate of drug-likeness (QED) is 0.908. The van der Waals surface area contributed by atoms with Gasteiger partial charge in [0.15, 0.2) is 5.69 Å². The lowest BCUT2D eigenvalue weighted by atomic mass is 10.1. The third-order valence-corrected chi connectivity index (χ3v) is 2.55. The number of benzene rings is 1. The van der Waals surface area contributed by atoms with Gasteiger partial charge >= 0.3 is 5.97 Å². The summed E-state index contributed by atoms with van der Waals surface area (Å²) in [5.41, 5.74) is 0.912. The topological polar surface area (TPSA) is 59.4 Å². The molecule has 5 heteroatoms. The predicted octanol–water partition coefficient (Wildman–Crippen LogP) is 2.78. The SMILES string of the molecule is CCOc1cc(C(=O)O)nc2c(C)cc(F)cc12. The van der Waals surface area contributed by atoms with Gasteiger partial charge in [-0.1, -0.05) is 0 Å². The molecule has 1 aromatic heterocycles. The molecule has 0 saturated carbocycles. The van der Waals surface area contributed by atoms with Gasteiger partial charge in [-0.05, 0) is 31.5 Å². The highest BCUT2D eigenvalue weighted by Crippen LogP contribution is 2.28. The van der Waals surface area contributed by atoms with E-state index in [1.807, 2.05) is 0 Å². The van der Waals surface area contributed by atoms with Gasteiger partial charge in [-0.25, -0.2) is 14.2 Å². The first-order valence-electron chi connectivity index (χ1n) is 5.50. The predicted molar refractivity (Wildman–Crippen MR) is 64.6 cm³/mol. The van der Waals surface area contributed by atoms with E-state index >= 15 is 0 Å². The Balaban J connectivity index is 2.80. The summed E-state index contributed by atoms with van der Waals surface area (Å²) >= 11 is 0. The number of hydrogen-bond donors (Lipinski definition) is 1. The number of pyridine rings is 1. The van der Waals surface area contributed by atoms with Crippen LogP contribution in [0.1, 0.15) is 23.0 Å². The maximum Gasteiger partial charge on any atom is 0.354 e. The Morgan fingerprint density at radius 2 is 2.17 bits per heavy atom. The van der Waals surface area contributed by atoms with Crippen molar-refractivity contribution < 1.29 is 19.0 Å². The Bertz CT molecular complexity index is 625. The number of carbonyl (C=O) groups is 1. The van der Waals surface area contributed by atoms with Crippen LogP contribution in [0.25, 0.3) is 10.9 Å². The van der Waals surface area contributed by atoms with Gasteiger partial charge in [0.2, 0.25) is 0 Å². The minimum Gasteiger partial charge on any atom is -0.493 e. The summed E-state index contributed by atoms with van der Waals surface area (Å²) in [5.74, 6) is -1.20. The molecule has 0 atom stereocenters. The minimum atomic E-state index is -1.14. The van der Waals surface area contributed by atoms with Crippen molar-refractivity contribution >= 4 is 16.9 Å². The van der Waals surface area contributed by atoms with Crippen LogP contribution in [0.5, 0.6) is 5.75 Å². The molecule has 4 nitrogen and oxygen atoms in total. The first kappa shape index (κ1) is 12.3. The van der Waals surface area contributed by atoms with Crippen molar-refractivity contribution in [3.05, 3.63) is 35.3 Å². The second-order valence-corrected chi connectivity index (χ2v) is 3.86. The van der Waals surface area contributed by atoms with Crippen molar-refractivity contribution in [3.63, 3.8) is 0 Å². The zero-order chi connectivity index (χ0) is 13.3. The molecule has 1 heterocycles. The van der Waals surface area contributed by atoms with Gasteiger partial charge in [0.1, 0.15) is 11.6 Å². The van der Waals surface area contributed by atoms with E-state index in [1.165, 1.54) is 18.2 Å². The van der Waals surface area contributed by atoms with E-state index in [0.29, 0.717) is 28.8 Å². The largest absolute Gasteiger partial charge is 0.493 e. The fourth-order valence-electron chi connectivity index (χ4n) is 1.81. The number of rotatable bonds is 3. The Labute approximate surface area is 103 Å². The summed E-state index contributed by atoms with van der Waals surface area (Å²) in [6.45, 7) is 3.83. The smallest absolute Gasteiger partial charge is 0.354 e. The van der Waals surface area contributed by atoms with Gasteiger partial charge in [0.25, 0.3) is 0 Å². The van der Waals surface area contributed by atoms with E-state index in [4.69, 9.17) is 9.84 Å². The van der Waals surface area contributed by atoms with Crippen LogP contribution < -0.4 is 4.74 Å². The zero-order valence-electron chi connectivity index (χ0n) is 10.0. The molecule has 0 spiro atoms. The number of aromatic nitrogens is 1. The number of aromatic carboxylic acids is 1. The summed E-state index contributed by atoms with van der Waals surface area (Å²) in [6.07, 6.45) is 0. The zero-order valence-corrected chi connectivity index (χ0v) is 10.0. The molecular weight excluding hydrogens is 237 g/mol. The molecule has 1 N–H and O–H groups in total. The van der Waals surface area contributed by atoms with Crippen molar-refractivity contribution in [1.82, 2.24) is 4.98 Å². The number of nitrogens with zero attached hydrogens (tertiary/aromatic N) is 1. The standard InChI is InChI=1S/C13H12FNO3/c1-3-18-11-6-10(13(16)17)15-12-7(2)4-8(14)5-9(11)12/h4-6H,3H2,1-2H3,(H,16,17). The third-order valence-electron chi connectivity index (χ3n) is 2.55. The fraction of sp³-hybridized carbons (Fsp3) is 0.231. The average molecular weight is 249 g/mol. The summed E-state index contributed by atoms with van der Waals surface area (Å²) in [6, 6.07) is 3.93. The highest BCUT2D eigenvalue weighted by atomic mass is 19.1. The highest BCUT2D eigenvalue weighted by Gasteiger charge is 2.14. The van der Waals surface area contributed by atoms with Crippen LogP contribution in [0.4, 0.5) is 4.39 Å². The van der Waals surface area contributed by atoms with Crippen LogP contribution in [-0.4, -0.2) is 22.7 Å². The molecule has 0 fully saturated rings. The summed E-state index contributed by atoms with van der Waals surface area (Å²) < 4.78 is 18.7. The van der Waals surface area contributed by atoms with Gasteiger partial charge in [0, 0.05) is 11.5 Å². The molecule has 0 radical (unpaired) electrons. The Morgan fingerprint density at radius 3 is 2.78 bits per heavy atom. The van der Waals surface area contributed by atoms with E-state index < -0.39 is 11.8 Å². The van der Waals surface area contributed by atoms with Gasteiger partial charge < -0.3 is 9.84 Å². The van der Waals surface area contributed by atoms with Crippen molar-refractivity contribution in [2.24, 2.45) is 0 Å². The van der Waals surface area contributed by atoms with E-state index in [2.05, 4.69) is 4.98 Å². The molecule has 18 heavy (non-hydrogen) atoms. The lowest BCUT2D eigenvalue weighted by molar-refractivity contribution is 0.0690. The molecule has 0 aliphatic rings. The van der Waals surface area contributed by atoms with E-state index in [-0.39, 0.29) is 5.69 Å². The maximum absolute atomic E-state index is 13.4. The first-order chi connectivity index (χ1) is 8.52. The molecule has 0 amide bonds. The number of carboxylic acid groups (broad SMARTS) is 1. The molecule has 0 saturated heterocycles. The van der Waals surface area contributed by atoms with E-state index in [0.717, 1.165) is 0 Å². The Morgan fingerprint density at radius 1 is 1.44 bits per heavy atom. The normalized spacial score (nSPS) is 10.6. The highest BCUT2D eigenvalue weighted by molar-refractivity contribution is 5.94. The summed E-state index contributed by atoms with van der Waals surface area (Å²) in [7, 11) is 0. The number of ether oxygens (including phenoxy) is 1. The molecular formula is C13H12FNO3. The number of halogens is 1. The second kappa shape index (κ2) is 4.60. The van der Waals surface area contributed by atoms with Gasteiger partial charge in [-0.2, -0.15) is 0 Å². The second-order valence-electron chi connectivity index (χ2n) is 3.86. The molecule has 94 valence electrons. The van der Waals surface area contributed by atoms with Crippen molar-refractivity contribution in [3.8, 4) is 5.75 Å². The Hall–Kier alpha value is -2.17. The first-order valence-corrected chi connectivity index (χ1v) is 5.50. The summed E-state index contributed by atoms with van der Waals surface area (Å²) in [4.78, 5) is 15.0. The van der Waals surface area contributed by atoms with Crippen molar-refractivity contribution in [2.75, 3.05) is 6.61 Å². The number of aryl methyl sites for hydroxylation is 1. The third kappa shape index (κ3) is 2.11. The van der Waals surface area contributed by atoms with Crippen LogP contribution in [0.3, 0.4) is 0 Å². The van der Waals surface area contributed by atoms with Crippen LogP contribution in [0.2, 0.25) is 0 Å². The van der Waals surface area contributed by atoms with Crippen LogP contribution in [0.15, 0.2) is 18.2 Å². The number of carboxylic acids is 1. The average Bonchev–Trinajstić information content (AvgIpc) is 2.29. The molecule has 0 aliphatic heterocycles. The van der Waals surface area contributed by atoms with Crippen LogP contribution in [0, 0.1) is 12.7 Å². The van der Waals surface area contributed by atoms with Gasteiger partial charge in [0.05, 0.1) is 12.1 Å². The maximum atomic E-state index is 13.4. The van der Waals surface area contributed by atoms with Crippen LogP contribution in [-0.2, 0) is 0 Å². The lowest BCUT2D eigenvalue weighted by Gasteiger charge is -2.10. The van der Waals surface area contributed by atoms with Gasteiger partial charge in [-0.3, -0.25) is 0 Å². The lowest BCUT2D eigenvalue weighted by Crippen LogP contribution is -2.04. The van der Waals surface area contributed by atoms with Crippen molar-refractivity contribution in [1.29, 1.82) is 0 Å². The summed E-state index contributed by atoms with van der Waals surface area (Å²) in [5, 5.41) is 9.48. The number of fused-ring (bicyclic) bond motifs is 1. The molecule has 0 unspecified atom stereocenters. The molecule has 2 aromatic rings. The Kier molecular flexibility index (Phi) is 3.14. The fourth-order valence-corrected chi connectivity index (χ4v) is 1.81.